The van der Waals surface area contributed by atoms with E-state index in [1.807, 2.05) is 60.1 Å². The summed E-state index contributed by atoms with van der Waals surface area (Å²) in [6.45, 7) is 12.1. The van der Waals surface area contributed by atoms with Crippen LogP contribution in [-0.4, -0.2) is 146 Å². The van der Waals surface area contributed by atoms with E-state index in [-0.39, 0.29) is 91.9 Å². The van der Waals surface area contributed by atoms with Gasteiger partial charge >= 0.3 is 24.1 Å². The van der Waals surface area contributed by atoms with Gasteiger partial charge in [-0.1, -0.05) is 81.9 Å². The van der Waals surface area contributed by atoms with Crippen LogP contribution in [-0.2, 0) is 53.0 Å². The minimum absolute atomic E-state index is 0.0129. The van der Waals surface area contributed by atoms with E-state index < -0.39 is 59.4 Å². The molecular formula is C72H87N13O12S. The van der Waals surface area contributed by atoms with Gasteiger partial charge in [0.05, 0.1) is 34.3 Å². The normalized spacial score (nSPS) is 21.3. The van der Waals surface area contributed by atoms with Crippen molar-refractivity contribution in [1.82, 2.24) is 40.2 Å². The van der Waals surface area contributed by atoms with Gasteiger partial charge in [0.1, 0.15) is 18.7 Å². The van der Waals surface area contributed by atoms with Crippen molar-refractivity contribution in [2.75, 3.05) is 55.0 Å². The number of rotatable bonds is 28. The fourth-order valence-electron chi connectivity index (χ4n) is 16.5. The Bertz CT molecular complexity index is 4040. The number of nitrogens with one attached hydrogen (secondary N) is 3. The summed E-state index contributed by atoms with van der Waals surface area (Å²) in [5.74, 6) is -4.15. The molecule has 6 aromatic rings. The molecule has 4 saturated carbocycles. The van der Waals surface area contributed by atoms with Gasteiger partial charge < -0.3 is 41.6 Å². The number of aromatic nitrogens is 4. The first-order chi connectivity index (χ1) is 46.7. The summed E-state index contributed by atoms with van der Waals surface area (Å²) in [7, 11) is 1.65. The van der Waals surface area contributed by atoms with Crippen molar-refractivity contribution < 1.29 is 57.7 Å². The Labute approximate surface area is 573 Å². The highest BCUT2D eigenvalue weighted by molar-refractivity contribution is 7.22. The number of nitrogens with two attached hydrogens (primary N) is 2. The molecule has 518 valence electrons. The van der Waals surface area contributed by atoms with Crippen LogP contribution < -0.4 is 37.2 Å². The number of likely N-dealkylation sites (N-methyl/N-ethyl adjacent to an activating group) is 1. The van der Waals surface area contributed by atoms with Gasteiger partial charge in [-0.2, -0.15) is 5.10 Å². The molecule has 10 amide bonds. The fourth-order valence-corrected chi connectivity index (χ4v) is 17.4. The third-order valence-corrected chi connectivity index (χ3v) is 20.8. The number of carboxylic acid groups (broad SMARTS) is 1. The topological polar surface area (TPSA) is 337 Å². The van der Waals surface area contributed by atoms with Gasteiger partial charge in [-0.05, 0) is 160 Å². The van der Waals surface area contributed by atoms with E-state index in [2.05, 4.69) is 34.8 Å². The third kappa shape index (κ3) is 15.6. The van der Waals surface area contributed by atoms with Gasteiger partial charge in [-0.3, -0.25) is 48.7 Å². The molecule has 3 aromatic carbocycles. The van der Waals surface area contributed by atoms with E-state index in [0.29, 0.717) is 71.1 Å². The van der Waals surface area contributed by atoms with Crippen molar-refractivity contribution in [3.63, 3.8) is 0 Å². The molecule has 5 heterocycles. The number of urea groups is 2. The van der Waals surface area contributed by atoms with Crippen molar-refractivity contribution in [2.24, 2.45) is 33.6 Å². The molecule has 0 radical (unpaired) electrons. The lowest BCUT2D eigenvalue weighted by atomic mass is 9.39. The minimum atomic E-state index is -1.20. The average Bonchev–Trinajstić information content (AvgIpc) is 1.63. The highest BCUT2D eigenvalue weighted by Gasteiger charge is 2.66. The van der Waals surface area contributed by atoms with E-state index in [0.717, 1.165) is 83.4 Å². The maximum absolute atomic E-state index is 14.7. The molecule has 4 aliphatic carbocycles. The average molecular weight is 1360 g/mol. The zero-order chi connectivity index (χ0) is 69.8. The quantitative estimate of drug-likeness (QED) is 0.0197. The molecule has 4 bridgehead atoms. The monoisotopic (exact) mass is 1360 g/mol. The van der Waals surface area contributed by atoms with Crippen LogP contribution in [0.2, 0.25) is 0 Å². The molecule has 0 saturated heterocycles. The molecule has 4 fully saturated rings. The van der Waals surface area contributed by atoms with Crippen molar-refractivity contribution in [3.8, 4) is 22.4 Å². The molecule has 26 heteroatoms. The van der Waals surface area contributed by atoms with Gasteiger partial charge in [0.25, 0.3) is 17.7 Å². The molecular weight excluding hydrogens is 1270 g/mol. The molecule has 25 nitrogen and oxygen atoms in total. The zero-order valence-electron chi connectivity index (χ0n) is 56.4. The number of pyridine rings is 1. The van der Waals surface area contributed by atoms with E-state index >= 15 is 0 Å². The second-order valence-corrected chi connectivity index (χ2v) is 29.4. The lowest BCUT2D eigenvalue weighted by molar-refractivity contribution is -0.248. The van der Waals surface area contributed by atoms with Gasteiger partial charge in [0.15, 0.2) is 10.8 Å². The summed E-state index contributed by atoms with van der Waals surface area (Å²) < 4.78 is 15.8. The number of para-hydroxylation sites is 1. The van der Waals surface area contributed by atoms with Gasteiger partial charge in [-0.25, -0.2) is 29.1 Å². The first-order valence-electron chi connectivity index (χ1n) is 33.7. The van der Waals surface area contributed by atoms with Crippen LogP contribution in [0.3, 0.4) is 0 Å². The Hall–Kier alpha value is -9.56. The number of unbranched alkanes of at least 4 members (excludes halogenated alkanes) is 2. The predicted molar refractivity (Wildman–Crippen MR) is 370 cm³/mol. The molecule has 12 rings (SSSR count). The number of imide groups is 1. The number of benzene rings is 3. The van der Waals surface area contributed by atoms with Crippen LogP contribution in [0.15, 0.2) is 97.2 Å². The number of fused-ring (bicyclic) bond motifs is 2. The molecule has 2 aliphatic heterocycles. The van der Waals surface area contributed by atoms with Crippen molar-refractivity contribution >= 4 is 91.7 Å². The SMILES string of the molecule is Cc1c(-c2ccc(-c3ccc4c(c3)N(C(=O)Nc3nc5ccccc5s3)CCC4)nc2C(=O)O)cnn1CC12CC3(C)CC(C)(C1)CC(OCCN(C)C(=O)OCc1ccc(N(C(=O)[C@@H](NC(=O)CCCCCN4C(=O)C=CC4=O)C(C)C)[C@@H](CCCNC(N)=O)C(N)=O)cc1)(C3)C2. The third-order valence-electron chi connectivity index (χ3n) is 19.9. The number of amides is 10. The number of nitrogens with zero attached hydrogens (tertiary/aromatic N) is 8. The lowest BCUT2D eigenvalue weighted by Gasteiger charge is -2.69. The van der Waals surface area contributed by atoms with E-state index in [9.17, 15) is 48.3 Å². The van der Waals surface area contributed by atoms with Crippen LogP contribution >= 0.6 is 11.3 Å². The number of hydrogen-bond acceptors (Lipinski definition) is 15. The fraction of sp³-hybridized carbons (Fsp3) is 0.472. The summed E-state index contributed by atoms with van der Waals surface area (Å²) >= 11 is 1.41. The van der Waals surface area contributed by atoms with Crippen molar-refractivity contribution in [3.05, 3.63) is 120 Å². The Morgan fingerprint density at radius 2 is 1.57 bits per heavy atom. The van der Waals surface area contributed by atoms with Crippen LogP contribution in [0.5, 0.6) is 0 Å². The second-order valence-electron chi connectivity index (χ2n) is 28.4. The van der Waals surface area contributed by atoms with Gasteiger partial charge in [-0.15, -0.1) is 0 Å². The molecule has 98 heavy (non-hydrogen) atoms. The number of aryl methyl sites for hydroxylation is 1. The number of carboxylic acids is 1. The first-order valence-corrected chi connectivity index (χ1v) is 34.5. The number of carbonyl (C=O) groups excluding carboxylic acids is 8. The summed E-state index contributed by atoms with van der Waals surface area (Å²) in [5, 5.41) is 24.5. The smallest absolute Gasteiger partial charge is 0.409 e. The highest BCUT2D eigenvalue weighted by Crippen LogP contribution is 2.72. The summed E-state index contributed by atoms with van der Waals surface area (Å²) in [5.41, 5.74) is 17.0. The predicted octanol–water partition coefficient (Wildman–Crippen LogP) is 9.88. The van der Waals surface area contributed by atoms with Crippen LogP contribution in [0.25, 0.3) is 32.6 Å². The second kappa shape index (κ2) is 28.9. The van der Waals surface area contributed by atoms with Gasteiger partial charge in [0.2, 0.25) is 11.8 Å². The number of primary amides is 2. The number of carbonyl (C=O) groups is 9. The highest BCUT2D eigenvalue weighted by atomic mass is 32.1. The van der Waals surface area contributed by atoms with Crippen molar-refractivity contribution in [2.45, 2.75) is 155 Å². The molecule has 8 N–H and O–H groups in total. The maximum atomic E-state index is 14.7. The zero-order valence-corrected chi connectivity index (χ0v) is 57.2. The van der Waals surface area contributed by atoms with Crippen molar-refractivity contribution in [1.29, 1.82) is 0 Å². The van der Waals surface area contributed by atoms with E-state index in [4.69, 9.17) is 31.0 Å². The Morgan fingerprint density at radius 3 is 2.27 bits per heavy atom. The largest absolute Gasteiger partial charge is 0.476 e. The molecule has 0 spiro atoms. The number of thiazole rings is 1. The number of anilines is 3. The molecule has 3 aromatic heterocycles. The van der Waals surface area contributed by atoms with Crippen LogP contribution in [0, 0.1) is 29.1 Å². The molecule has 4 atom stereocenters. The summed E-state index contributed by atoms with van der Waals surface area (Å²) in [6.07, 6.45) is 12.6. The van der Waals surface area contributed by atoms with Crippen LogP contribution in [0.4, 0.5) is 30.9 Å². The standard InChI is InChI=1S/C72H87N13O12S/c1-44(2)60(79-57(86)18-8-7-11-30-83-58(87)27-28-59(83)88)63(90)85(54(62(73)89)16-12-29-75-65(74)93)49-23-19-46(20-24-49)36-96-68(95)81(6)32-33-97-72-40-69(4)37-70(5,41-72)39-71(38-69,42-72)43-84-45(3)51(35-76-84)50-25-26-52(77-61(50)64(91)92)48-22-21-47-14-13-31-82(55(47)34-48)67(94)80-66-78-53-15-9-10-17-56(53)98-66/h9-10,15,17,19-28,34-35,44,54,60H,7-8,11-14,16,18,29-33,36-43H2,1-6H3,(H2,73,89)(H,79,86)(H,91,92)(H3,74,75,93)(H,78,80,94)/t54-,60-,69?,70?,71?,72?/m0/s1. The Morgan fingerprint density at radius 1 is 0.837 bits per heavy atom. The molecule has 6 aliphatic rings. The summed E-state index contributed by atoms with van der Waals surface area (Å²) in [6, 6.07) is 20.4. The Balaban J connectivity index is 0.711. The number of ether oxygens (including phenoxy) is 2. The Kier molecular flexibility index (Phi) is 20.6. The van der Waals surface area contributed by atoms with Crippen LogP contribution in [0.1, 0.15) is 138 Å². The molecule has 2 unspecified atom stereocenters. The summed E-state index contributed by atoms with van der Waals surface area (Å²) in [4.78, 5) is 132. The van der Waals surface area contributed by atoms with E-state index in [1.165, 1.54) is 33.3 Å². The number of hydrogen-bond donors (Lipinski definition) is 6. The maximum Gasteiger partial charge on any atom is 0.409 e. The first kappa shape index (κ1) is 69.8. The lowest BCUT2D eigenvalue weighted by Crippen LogP contribution is -2.64. The van der Waals surface area contributed by atoms with E-state index in [1.54, 1.807) is 62.3 Å². The minimum Gasteiger partial charge on any atom is -0.476 e. The number of aromatic carboxylic acids is 1. The van der Waals surface area contributed by atoms with Gasteiger partial charge in [0, 0.05) is 92.1 Å².